The number of carbonyl (C=O) groups excluding carboxylic acids is 2. The molecule has 5 rings (SSSR count). The molecule has 0 aliphatic carbocycles. The second kappa shape index (κ2) is 11.6. The lowest BCUT2D eigenvalue weighted by molar-refractivity contribution is -0.142. The molecule has 38 heavy (non-hydrogen) atoms. The molecule has 2 heterocycles. The molecule has 3 aromatic carbocycles. The number of benzene rings is 3. The fourth-order valence-electron chi connectivity index (χ4n) is 5.08. The van der Waals surface area contributed by atoms with E-state index in [0.717, 1.165) is 17.5 Å². The van der Waals surface area contributed by atoms with Crippen molar-refractivity contribution in [1.82, 2.24) is 5.32 Å². The van der Waals surface area contributed by atoms with E-state index in [0.29, 0.717) is 24.4 Å². The molecule has 1 fully saturated rings. The van der Waals surface area contributed by atoms with Gasteiger partial charge in [-0.05, 0) is 48.7 Å². The molecule has 0 saturated carbocycles. The van der Waals surface area contributed by atoms with E-state index >= 15 is 0 Å². The first-order valence-electron chi connectivity index (χ1n) is 12.7. The number of urea groups is 1. The number of hydrogen-bond acceptors (Lipinski definition) is 5. The number of amides is 3. The van der Waals surface area contributed by atoms with E-state index in [4.69, 9.17) is 9.47 Å². The van der Waals surface area contributed by atoms with Crippen LogP contribution >= 0.6 is 0 Å². The van der Waals surface area contributed by atoms with Crippen LogP contribution in [-0.4, -0.2) is 48.5 Å². The Morgan fingerprint density at radius 1 is 1.00 bits per heavy atom. The molecular weight excluding hydrogens is 489 g/mol. The number of aliphatic hydroxyl groups excluding tert-OH is 1. The van der Waals surface area contributed by atoms with Crippen LogP contribution in [0.1, 0.15) is 29.9 Å². The Morgan fingerprint density at radius 2 is 1.79 bits per heavy atom. The van der Waals surface area contributed by atoms with Gasteiger partial charge in [0.2, 0.25) is 5.91 Å². The Labute approximate surface area is 220 Å². The first-order valence-corrected chi connectivity index (χ1v) is 12.7. The second-order valence-corrected chi connectivity index (χ2v) is 9.51. The van der Waals surface area contributed by atoms with Crippen LogP contribution in [0, 0.1) is 5.82 Å². The number of fused-ring (bicyclic) bond motifs is 3. The molecule has 0 unspecified atom stereocenters. The molecule has 0 spiro atoms. The van der Waals surface area contributed by atoms with Gasteiger partial charge in [0, 0.05) is 23.7 Å². The summed E-state index contributed by atoms with van der Waals surface area (Å²) in [7, 11) is 0. The van der Waals surface area contributed by atoms with Crippen LogP contribution in [0.15, 0.2) is 72.8 Å². The Morgan fingerprint density at radius 3 is 2.58 bits per heavy atom. The zero-order chi connectivity index (χ0) is 26.5. The second-order valence-electron chi connectivity index (χ2n) is 9.51. The van der Waals surface area contributed by atoms with Crippen molar-refractivity contribution in [3.05, 3.63) is 89.7 Å². The van der Waals surface area contributed by atoms with E-state index in [9.17, 15) is 19.1 Å². The van der Waals surface area contributed by atoms with E-state index in [1.807, 2.05) is 36.4 Å². The van der Waals surface area contributed by atoms with Gasteiger partial charge in [-0.2, -0.15) is 0 Å². The molecule has 3 aromatic rings. The Bertz CT molecular complexity index is 1290. The molecule has 3 amide bonds. The molecule has 2 aliphatic heterocycles. The first kappa shape index (κ1) is 25.7. The van der Waals surface area contributed by atoms with Gasteiger partial charge < -0.3 is 30.5 Å². The molecule has 0 aromatic heterocycles. The Hall–Kier alpha value is -3.95. The maximum atomic E-state index is 13.9. The van der Waals surface area contributed by atoms with E-state index in [2.05, 4.69) is 16.0 Å². The van der Waals surface area contributed by atoms with Crippen LogP contribution in [0.3, 0.4) is 0 Å². The summed E-state index contributed by atoms with van der Waals surface area (Å²) in [5, 5.41) is 18.2. The molecule has 4 N–H and O–H groups in total. The molecule has 198 valence electrons. The maximum Gasteiger partial charge on any atom is 0.323 e. The van der Waals surface area contributed by atoms with Gasteiger partial charge in [0.1, 0.15) is 23.8 Å². The third-order valence-corrected chi connectivity index (χ3v) is 6.87. The van der Waals surface area contributed by atoms with Crippen LogP contribution < -0.4 is 20.7 Å². The van der Waals surface area contributed by atoms with Crippen LogP contribution in [0.25, 0.3) is 0 Å². The summed E-state index contributed by atoms with van der Waals surface area (Å²) in [6.07, 6.45) is 0.0844. The highest BCUT2D eigenvalue weighted by Gasteiger charge is 2.46. The van der Waals surface area contributed by atoms with Gasteiger partial charge in [-0.3, -0.25) is 4.79 Å². The minimum absolute atomic E-state index is 0.0784. The van der Waals surface area contributed by atoms with Crippen molar-refractivity contribution in [1.29, 1.82) is 0 Å². The zero-order valence-electron chi connectivity index (χ0n) is 20.7. The fourth-order valence-corrected chi connectivity index (χ4v) is 5.08. The lowest BCUT2D eigenvalue weighted by Gasteiger charge is -2.37. The topological polar surface area (TPSA) is 109 Å². The smallest absolute Gasteiger partial charge is 0.323 e. The SMILES string of the molecule is O=C(C[C@H]1C[C@@H]2c3cc(NC(=O)Nc4ccccc4F)ccc3O[C@@H]2[C@H](CO)O1)NCCc1ccccc1. The monoisotopic (exact) mass is 519 g/mol. The number of aliphatic hydroxyl groups is 1. The lowest BCUT2D eigenvalue weighted by atomic mass is 9.84. The number of para-hydroxylation sites is 1. The van der Waals surface area contributed by atoms with E-state index in [-0.39, 0.29) is 36.6 Å². The quantitative estimate of drug-likeness (QED) is 0.357. The predicted molar refractivity (Wildman–Crippen MR) is 141 cm³/mol. The molecule has 9 heteroatoms. The van der Waals surface area contributed by atoms with Crippen LogP contribution in [0.5, 0.6) is 5.75 Å². The molecule has 0 bridgehead atoms. The number of ether oxygens (including phenoxy) is 2. The number of nitrogens with one attached hydrogen (secondary N) is 3. The summed E-state index contributed by atoms with van der Waals surface area (Å²) in [5.41, 5.74) is 2.62. The van der Waals surface area contributed by atoms with Gasteiger partial charge in [0.05, 0.1) is 24.8 Å². The Balaban J connectivity index is 1.21. The predicted octanol–water partition coefficient (Wildman–Crippen LogP) is 4.21. The highest BCUT2D eigenvalue weighted by Crippen LogP contribution is 2.47. The van der Waals surface area contributed by atoms with Gasteiger partial charge in [-0.25, -0.2) is 9.18 Å². The Kier molecular flexibility index (Phi) is 7.86. The standard InChI is InChI=1S/C29H30FN3O5/c30-23-8-4-5-9-24(23)33-29(36)32-19-10-11-25-21(14-19)22-15-20(37-26(17-34)28(22)38-25)16-27(35)31-13-12-18-6-2-1-3-7-18/h1-11,14,20,22,26,28,34H,12-13,15-17H2,(H,31,35)(H2,32,33,36)/t20-,22-,26+,28+/m1/s1. The number of rotatable bonds is 8. The van der Waals surface area contributed by atoms with Gasteiger partial charge in [0.15, 0.2) is 0 Å². The summed E-state index contributed by atoms with van der Waals surface area (Å²) in [5.74, 6) is -0.106. The van der Waals surface area contributed by atoms with E-state index < -0.39 is 24.1 Å². The first-order chi connectivity index (χ1) is 18.5. The third-order valence-electron chi connectivity index (χ3n) is 6.87. The summed E-state index contributed by atoms with van der Waals surface area (Å²) in [4.78, 5) is 25.1. The average Bonchev–Trinajstić information content (AvgIpc) is 3.28. The van der Waals surface area contributed by atoms with Crippen molar-refractivity contribution >= 4 is 23.3 Å². The fraction of sp³-hybridized carbons (Fsp3) is 0.310. The third kappa shape index (κ3) is 5.95. The highest BCUT2D eigenvalue weighted by atomic mass is 19.1. The van der Waals surface area contributed by atoms with E-state index in [1.165, 1.54) is 12.1 Å². The number of anilines is 2. The van der Waals surface area contributed by atoms with Crippen molar-refractivity contribution in [2.24, 2.45) is 0 Å². The maximum absolute atomic E-state index is 13.9. The van der Waals surface area contributed by atoms with Gasteiger partial charge in [-0.1, -0.05) is 42.5 Å². The van der Waals surface area contributed by atoms with Crippen molar-refractivity contribution in [3.8, 4) is 5.75 Å². The minimum Gasteiger partial charge on any atom is -0.487 e. The van der Waals surface area contributed by atoms with Gasteiger partial charge in [0.25, 0.3) is 0 Å². The number of hydrogen-bond donors (Lipinski definition) is 4. The summed E-state index contributed by atoms with van der Waals surface area (Å²) < 4.78 is 26.0. The van der Waals surface area contributed by atoms with Crippen molar-refractivity contribution in [3.63, 3.8) is 0 Å². The molecular formula is C29H30FN3O5. The molecule has 8 nitrogen and oxygen atoms in total. The number of halogens is 1. The molecule has 2 aliphatic rings. The van der Waals surface area contributed by atoms with Gasteiger partial charge >= 0.3 is 6.03 Å². The molecule has 1 saturated heterocycles. The minimum atomic E-state index is -0.580. The largest absolute Gasteiger partial charge is 0.487 e. The van der Waals surface area contributed by atoms with Crippen LogP contribution in [0.2, 0.25) is 0 Å². The molecule has 0 radical (unpaired) electrons. The average molecular weight is 520 g/mol. The van der Waals surface area contributed by atoms with Crippen molar-refractivity contribution < 1.29 is 28.6 Å². The van der Waals surface area contributed by atoms with E-state index in [1.54, 1.807) is 24.3 Å². The molecule has 4 atom stereocenters. The van der Waals surface area contributed by atoms with Crippen molar-refractivity contribution in [2.45, 2.75) is 43.5 Å². The highest BCUT2D eigenvalue weighted by molar-refractivity contribution is 6.00. The normalized spacial score (nSPS) is 21.5. The zero-order valence-corrected chi connectivity index (χ0v) is 20.7. The summed E-state index contributed by atoms with van der Waals surface area (Å²) >= 11 is 0. The lowest BCUT2D eigenvalue weighted by Crippen LogP contribution is -2.47. The van der Waals surface area contributed by atoms with Crippen molar-refractivity contribution in [2.75, 3.05) is 23.8 Å². The van der Waals surface area contributed by atoms with Crippen LogP contribution in [-0.2, 0) is 16.0 Å². The van der Waals surface area contributed by atoms with Gasteiger partial charge in [-0.15, -0.1) is 0 Å². The van der Waals surface area contributed by atoms with Crippen LogP contribution in [0.4, 0.5) is 20.6 Å². The number of carbonyl (C=O) groups is 2. The summed E-state index contributed by atoms with van der Waals surface area (Å²) in [6, 6.07) is 20.6. The summed E-state index contributed by atoms with van der Waals surface area (Å²) in [6.45, 7) is 0.290.